The number of aliphatic hydroxyl groups is 1. The second-order valence-electron chi connectivity index (χ2n) is 6.42. The van der Waals surface area contributed by atoms with Gasteiger partial charge in [-0.25, -0.2) is 9.78 Å². The van der Waals surface area contributed by atoms with Gasteiger partial charge in [0.25, 0.3) is 0 Å². The molecule has 0 aliphatic carbocycles. The summed E-state index contributed by atoms with van der Waals surface area (Å²) in [5.74, 6) is 0.150. The average molecular weight is 331 g/mol. The highest BCUT2D eigenvalue weighted by atomic mass is 32.1. The van der Waals surface area contributed by atoms with Gasteiger partial charge in [-0.2, -0.15) is 0 Å². The second-order valence-corrected chi connectivity index (χ2v) is 7.28. The summed E-state index contributed by atoms with van der Waals surface area (Å²) in [6.45, 7) is 5.19. The topological polar surface area (TPSA) is 65.5 Å². The third-order valence-corrected chi connectivity index (χ3v) is 5.10. The molecule has 0 unspecified atom stereocenters. The van der Waals surface area contributed by atoms with Crippen molar-refractivity contribution in [3.8, 4) is 10.6 Å². The van der Waals surface area contributed by atoms with Gasteiger partial charge in [0.2, 0.25) is 0 Å². The second kappa shape index (κ2) is 6.29. The van der Waals surface area contributed by atoms with Crippen LogP contribution >= 0.6 is 11.3 Å². The van der Waals surface area contributed by atoms with Crippen molar-refractivity contribution in [2.24, 2.45) is 5.92 Å². The SMILES string of the molecule is CC(C)(O)C1CN(C(=O)NCc2csc(-c3ccccc3)n2)C1. The summed E-state index contributed by atoms with van der Waals surface area (Å²) in [7, 11) is 0. The molecule has 0 bridgehead atoms. The van der Waals surface area contributed by atoms with Gasteiger partial charge in [-0.05, 0) is 13.8 Å². The summed E-state index contributed by atoms with van der Waals surface area (Å²) in [5, 5.41) is 15.7. The molecule has 0 saturated carbocycles. The molecule has 1 aliphatic rings. The molecule has 5 nitrogen and oxygen atoms in total. The summed E-state index contributed by atoms with van der Waals surface area (Å²) in [4.78, 5) is 18.3. The number of likely N-dealkylation sites (tertiary alicyclic amines) is 1. The monoisotopic (exact) mass is 331 g/mol. The van der Waals surface area contributed by atoms with Gasteiger partial charge in [-0.1, -0.05) is 30.3 Å². The van der Waals surface area contributed by atoms with Gasteiger partial charge < -0.3 is 15.3 Å². The Bertz CT molecular complexity index is 673. The van der Waals surface area contributed by atoms with Crippen molar-refractivity contribution in [1.29, 1.82) is 0 Å². The first-order chi connectivity index (χ1) is 10.9. The minimum atomic E-state index is -0.726. The first-order valence-corrected chi connectivity index (χ1v) is 8.56. The van der Waals surface area contributed by atoms with Crippen molar-refractivity contribution in [3.63, 3.8) is 0 Å². The lowest BCUT2D eigenvalue weighted by Gasteiger charge is -2.44. The summed E-state index contributed by atoms with van der Waals surface area (Å²) in [5.41, 5.74) is 1.23. The standard InChI is InChI=1S/C17H21N3O2S/c1-17(2,22)13-9-20(10-13)16(21)18-8-14-11-23-15(19-14)12-6-4-3-5-7-12/h3-7,11,13,22H,8-10H2,1-2H3,(H,18,21). The minimum Gasteiger partial charge on any atom is -0.390 e. The Balaban J connectivity index is 1.50. The largest absolute Gasteiger partial charge is 0.390 e. The number of aromatic nitrogens is 1. The zero-order chi connectivity index (χ0) is 16.4. The lowest BCUT2D eigenvalue weighted by Crippen LogP contribution is -2.59. The van der Waals surface area contributed by atoms with E-state index >= 15 is 0 Å². The lowest BCUT2D eigenvalue weighted by atomic mass is 9.85. The Kier molecular flexibility index (Phi) is 4.37. The van der Waals surface area contributed by atoms with Gasteiger partial charge in [0.15, 0.2) is 0 Å². The summed E-state index contributed by atoms with van der Waals surface area (Å²) in [6, 6.07) is 9.91. The van der Waals surface area contributed by atoms with E-state index in [1.807, 2.05) is 35.7 Å². The van der Waals surface area contributed by atoms with Gasteiger partial charge >= 0.3 is 6.03 Å². The van der Waals surface area contributed by atoms with Crippen LogP contribution in [0.3, 0.4) is 0 Å². The fraction of sp³-hybridized carbons (Fsp3) is 0.412. The first kappa shape index (κ1) is 16.0. The van der Waals surface area contributed by atoms with Crippen LogP contribution in [0.4, 0.5) is 4.79 Å². The molecular weight excluding hydrogens is 310 g/mol. The van der Waals surface area contributed by atoms with Gasteiger partial charge in [-0.3, -0.25) is 0 Å². The Morgan fingerprint density at radius 3 is 2.74 bits per heavy atom. The van der Waals surface area contributed by atoms with Crippen LogP contribution in [0.25, 0.3) is 10.6 Å². The van der Waals surface area contributed by atoms with Crippen molar-refractivity contribution in [2.45, 2.75) is 26.0 Å². The Morgan fingerprint density at radius 2 is 2.09 bits per heavy atom. The molecule has 23 heavy (non-hydrogen) atoms. The molecule has 6 heteroatoms. The summed E-state index contributed by atoms with van der Waals surface area (Å²) in [6.07, 6.45) is 0. The van der Waals surface area contributed by atoms with Gasteiger partial charge in [0.1, 0.15) is 5.01 Å². The molecule has 0 radical (unpaired) electrons. The van der Waals surface area contributed by atoms with E-state index in [0.29, 0.717) is 19.6 Å². The van der Waals surface area contributed by atoms with E-state index < -0.39 is 5.60 Å². The first-order valence-electron chi connectivity index (χ1n) is 7.68. The van der Waals surface area contributed by atoms with Crippen LogP contribution in [0.2, 0.25) is 0 Å². The molecule has 2 aromatic rings. The van der Waals surface area contributed by atoms with E-state index in [0.717, 1.165) is 16.3 Å². The highest BCUT2D eigenvalue weighted by molar-refractivity contribution is 7.13. The van der Waals surface area contributed by atoms with E-state index in [1.54, 1.807) is 30.1 Å². The van der Waals surface area contributed by atoms with Crippen LogP contribution in [0, 0.1) is 5.92 Å². The maximum absolute atomic E-state index is 12.1. The molecule has 0 atom stereocenters. The number of nitrogens with zero attached hydrogens (tertiary/aromatic N) is 2. The normalized spacial score (nSPS) is 15.3. The van der Waals surface area contributed by atoms with Crippen LogP contribution in [-0.4, -0.2) is 39.7 Å². The number of carbonyl (C=O) groups excluding carboxylic acids is 1. The van der Waals surface area contributed by atoms with Crippen molar-refractivity contribution in [1.82, 2.24) is 15.2 Å². The van der Waals surface area contributed by atoms with Gasteiger partial charge in [-0.15, -0.1) is 11.3 Å². The number of amides is 2. The number of benzene rings is 1. The molecule has 1 aliphatic heterocycles. The maximum Gasteiger partial charge on any atom is 0.317 e. The average Bonchev–Trinajstić information content (AvgIpc) is 2.92. The molecule has 1 aromatic heterocycles. The Morgan fingerprint density at radius 1 is 1.39 bits per heavy atom. The third kappa shape index (κ3) is 3.71. The smallest absolute Gasteiger partial charge is 0.317 e. The van der Waals surface area contributed by atoms with Crippen molar-refractivity contribution < 1.29 is 9.90 Å². The molecule has 2 amide bonds. The Hall–Kier alpha value is -1.92. The minimum absolute atomic E-state index is 0.0974. The highest BCUT2D eigenvalue weighted by Gasteiger charge is 2.39. The summed E-state index contributed by atoms with van der Waals surface area (Å²) < 4.78 is 0. The zero-order valence-electron chi connectivity index (χ0n) is 13.3. The lowest BCUT2D eigenvalue weighted by molar-refractivity contribution is -0.0457. The number of thiazole rings is 1. The number of nitrogens with one attached hydrogen (secondary N) is 1. The van der Waals surface area contributed by atoms with Crippen LogP contribution in [-0.2, 0) is 6.54 Å². The number of rotatable bonds is 4. The number of urea groups is 1. The molecule has 1 aromatic carbocycles. The predicted octanol–water partition coefficient (Wildman–Crippen LogP) is 2.72. The third-order valence-electron chi connectivity index (χ3n) is 4.16. The van der Waals surface area contributed by atoms with Crippen LogP contribution in [0.5, 0.6) is 0 Å². The summed E-state index contributed by atoms with van der Waals surface area (Å²) >= 11 is 1.58. The molecular formula is C17H21N3O2S. The number of hydrogen-bond donors (Lipinski definition) is 2. The predicted molar refractivity (Wildman–Crippen MR) is 91.1 cm³/mol. The van der Waals surface area contributed by atoms with Crippen LogP contribution < -0.4 is 5.32 Å². The number of carbonyl (C=O) groups is 1. The molecule has 0 spiro atoms. The van der Waals surface area contributed by atoms with E-state index in [9.17, 15) is 9.90 Å². The maximum atomic E-state index is 12.1. The van der Waals surface area contributed by atoms with E-state index in [4.69, 9.17) is 0 Å². The highest BCUT2D eigenvalue weighted by Crippen LogP contribution is 2.27. The van der Waals surface area contributed by atoms with Crippen molar-refractivity contribution in [2.75, 3.05) is 13.1 Å². The molecule has 2 N–H and O–H groups in total. The quantitative estimate of drug-likeness (QED) is 0.905. The van der Waals surface area contributed by atoms with Crippen molar-refractivity contribution in [3.05, 3.63) is 41.4 Å². The molecule has 122 valence electrons. The van der Waals surface area contributed by atoms with Gasteiger partial charge in [0.05, 0.1) is 17.8 Å². The molecule has 3 rings (SSSR count). The zero-order valence-corrected chi connectivity index (χ0v) is 14.1. The van der Waals surface area contributed by atoms with E-state index in [2.05, 4.69) is 10.3 Å². The van der Waals surface area contributed by atoms with E-state index in [-0.39, 0.29) is 11.9 Å². The van der Waals surface area contributed by atoms with Crippen molar-refractivity contribution >= 4 is 17.4 Å². The van der Waals surface area contributed by atoms with Gasteiger partial charge in [0, 0.05) is 30.0 Å². The van der Waals surface area contributed by atoms with Crippen LogP contribution in [0.1, 0.15) is 19.5 Å². The number of hydrogen-bond acceptors (Lipinski definition) is 4. The fourth-order valence-corrected chi connectivity index (χ4v) is 3.30. The van der Waals surface area contributed by atoms with Crippen LogP contribution in [0.15, 0.2) is 35.7 Å². The molecule has 1 saturated heterocycles. The molecule has 1 fully saturated rings. The fourth-order valence-electron chi connectivity index (χ4n) is 2.47. The molecule has 2 heterocycles. The van der Waals surface area contributed by atoms with E-state index in [1.165, 1.54) is 0 Å². The Labute approximate surface area is 140 Å².